The molecule has 0 fully saturated rings. The first-order chi connectivity index (χ1) is 6.02. The maximum absolute atomic E-state index is 13.1. The van der Waals surface area contributed by atoms with Crippen LogP contribution >= 0.6 is 31.9 Å². The molecule has 1 N–H and O–H groups in total. The van der Waals surface area contributed by atoms with Crippen molar-refractivity contribution in [2.75, 3.05) is 0 Å². The number of carboxylic acids is 1. The Morgan fingerprint density at radius 1 is 1.46 bits per heavy atom. The number of rotatable bonds is 2. The van der Waals surface area contributed by atoms with Crippen molar-refractivity contribution in [1.82, 2.24) is 0 Å². The van der Waals surface area contributed by atoms with Gasteiger partial charge in [0.1, 0.15) is 5.82 Å². The van der Waals surface area contributed by atoms with Crippen molar-refractivity contribution in [2.45, 2.75) is 3.74 Å². The van der Waals surface area contributed by atoms with Gasteiger partial charge < -0.3 is 5.11 Å². The molecule has 0 aliphatic rings. The third-order valence-corrected chi connectivity index (χ3v) is 2.47. The molecule has 13 heavy (non-hydrogen) atoms. The zero-order chi connectivity index (χ0) is 10.0. The fourth-order valence-electron chi connectivity index (χ4n) is 0.837. The number of hydrogen-bond donors (Lipinski definition) is 1. The van der Waals surface area contributed by atoms with Crippen LogP contribution in [-0.4, -0.2) is 11.1 Å². The Bertz CT molecular complexity index is 339. The van der Waals surface area contributed by atoms with Crippen molar-refractivity contribution >= 4 is 37.8 Å². The van der Waals surface area contributed by atoms with Gasteiger partial charge in [-0.1, -0.05) is 37.9 Å². The molecular weight excluding hydrogens is 307 g/mol. The monoisotopic (exact) mass is 310 g/mol. The smallest absolute Gasteiger partial charge is 0.335 e. The Kier molecular flexibility index (Phi) is 3.44. The van der Waals surface area contributed by atoms with Crippen molar-refractivity contribution in [3.8, 4) is 0 Å². The van der Waals surface area contributed by atoms with Gasteiger partial charge in [0.15, 0.2) is 0 Å². The number of carbonyl (C=O) groups is 1. The summed E-state index contributed by atoms with van der Waals surface area (Å²) < 4.78 is 12.8. The highest BCUT2D eigenvalue weighted by molar-refractivity contribution is 9.24. The fourth-order valence-corrected chi connectivity index (χ4v) is 1.58. The largest absolute Gasteiger partial charge is 0.478 e. The fraction of sp³-hybridized carbons (Fsp3) is 0.125. The normalized spacial score (nSPS) is 10.5. The molecule has 0 amide bonds. The van der Waals surface area contributed by atoms with Crippen LogP contribution < -0.4 is 0 Å². The molecule has 0 saturated heterocycles. The van der Waals surface area contributed by atoms with Gasteiger partial charge in [-0.2, -0.15) is 0 Å². The zero-order valence-corrected chi connectivity index (χ0v) is 9.47. The van der Waals surface area contributed by atoms with E-state index in [0.717, 1.165) is 6.07 Å². The van der Waals surface area contributed by atoms with E-state index in [1.807, 2.05) is 0 Å². The SMILES string of the molecule is O=C(O)c1ccc(C(Br)Br)c(F)c1. The summed E-state index contributed by atoms with van der Waals surface area (Å²) in [4.78, 5) is 10.4. The molecule has 0 aliphatic heterocycles. The molecule has 0 atom stereocenters. The maximum atomic E-state index is 13.1. The van der Waals surface area contributed by atoms with E-state index in [2.05, 4.69) is 31.9 Å². The molecule has 1 rings (SSSR count). The minimum Gasteiger partial charge on any atom is -0.478 e. The molecule has 70 valence electrons. The van der Waals surface area contributed by atoms with Crippen LogP contribution in [0, 0.1) is 5.82 Å². The van der Waals surface area contributed by atoms with Gasteiger partial charge in [-0.15, -0.1) is 0 Å². The first-order valence-electron chi connectivity index (χ1n) is 3.33. The van der Waals surface area contributed by atoms with E-state index in [9.17, 15) is 9.18 Å². The average molecular weight is 312 g/mol. The van der Waals surface area contributed by atoms with E-state index in [1.54, 1.807) is 0 Å². The lowest BCUT2D eigenvalue weighted by Gasteiger charge is -2.04. The second-order valence-corrected chi connectivity index (χ2v) is 5.40. The van der Waals surface area contributed by atoms with Crippen LogP contribution in [0.4, 0.5) is 4.39 Å². The summed E-state index contributed by atoms with van der Waals surface area (Å²) in [7, 11) is 0. The molecule has 0 spiro atoms. The lowest BCUT2D eigenvalue weighted by Crippen LogP contribution is -1.98. The van der Waals surface area contributed by atoms with Gasteiger partial charge in [0, 0.05) is 5.56 Å². The topological polar surface area (TPSA) is 37.3 Å². The molecule has 0 unspecified atom stereocenters. The highest BCUT2D eigenvalue weighted by atomic mass is 79.9. The van der Waals surface area contributed by atoms with Crippen LogP contribution in [-0.2, 0) is 0 Å². The molecule has 0 radical (unpaired) electrons. The van der Waals surface area contributed by atoms with Gasteiger partial charge in [0.25, 0.3) is 0 Å². The predicted molar refractivity (Wildman–Crippen MR) is 54.0 cm³/mol. The molecule has 0 aromatic heterocycles. The van der Waals surface area contributed by atoms with Crippen molar-refractivity contribution in [1.29, 1.82) is 0 Å². The number of alkyl halides is 2. The van der Waals surface area contributed by atoms with Gasteiger partial charge in [-0.3, -0.25) is 0 Å². The number of carboxylic acid groups (broad SMARTS) is 1. The predicted octanol–water partition coefficient (Wildman–Crippen LogP) is 3.31. The van der Waals surface area contributed by atoms with Gasteiger partial charge in [0.2, 0.25) is 0 Å². The van der Waals surface area contributed by atoms with Gasteiger partial charge in [-0.25, -0.2) is 9.18 Å². The highest BCUT2D eigenvalue weighted by Gasteiger charge is 2.11. The third kappa shape index (κ3) is 2.51. The molecule has 2 nitrogen and oxygen atoms in total. The van der Waals surface area contributed by atoms with Crippen LogP contribution in [0.3, 0.4) is 0 Å². The molecule has 1 aromatic rings. The van der Waals surface area contributed by atoms with Crippen molar-refractivity contribution in [3.63, 3.8) is 0 Å². The Balaban J connectivity index is 3.13. The van der Waals surface area contributed by atoms with E-state index in [0.29, 0.717) is 5.56 Å². The van der Waals surface area contributed by atoms with E-state index < -0.39 is 11.8 Å². The molecule has 0 aliphatic carbocycles. The zero-order valence-electron chi connectivity index (χ0n) is 6.30. The van der Waals surface area contributed by atoms with Crippen LogP contribution in [0.15, 0.2) is 18.2 Å². The van der Waals surface area contributed by atoms with E-state index in [-0.39, 0.29) is 9.30 Å². The van der Waals surface area contributed by atoms with Gasteiger partial charge in [-0.05, 0) is 12.1 Å². The molecule has 0 bridgehead atoms. The lowest BCUT2D eigenvalue weighted by atomic mass is 10.1. The summed E-state index contributed by atoms with van der Waals surface area (Å²) >= 11 is 6.25. The second kappa shape index (κ2) is 4.19. The second-order valence-electron chi connectivity index (χ2n) is 2.34. The Labute approximate surface area is 91.0 Å². The number of halogens is 3. The molecule has 0 saturated carbocycles. The lowest BCUT2D eigenvalue weighted by molar-refractivity contribution is 0.0696. The summed E-state index contributed by atoms with van der Waals surface area (Å²) in [5.41, 5.74) is 0.326. The van der Waals surface area contributed by atoms with Gasteiger partial charge in [0.05, 0.1) is 9.30 Å². The van der Waals surface area contributed by atoms with E-state index in [1.165, 1.54) is 12.1 Å². The van der Waals surface area contributed by atoms with Crippen LogP contribution in [0.5, 0.6) is 0 Å². The maximum Gasteiger partial charge on any atom is 0.335 e. The summed E-state index contributed by atoms with van der Waals surface area (Å²) in [6, 6.07) is 3.77. The summed E-state index contributed by atoms with van der Waals surface area (Å²) in [6.45, 7) is 0. The first kappa shape index (κ1) is 10.7. The quantitative estimate of drug-likeness (QED) is 0.851. The third-order valence-electron chi connectivity index (χ3n) is 1.48. The molecular formula is C8H5Br2FO2. The number of aromatic carboxylic acids is 1. The average Bonchev–Trinajstić information content (AvgIpc) is 2.03. The van der Waals surface area contributed by atoms with Crippen LogP contribution in [0.25, 0.3) is 0 Å². The summed E-state index contributed by atoms with van der Waals surface area (Å²) in [6.07, 6.45) is 0. The summed E-state index contributed by atoms with van der Waals surface area (Å²) in [5.74, 6) is -1.68. The van der Waals surface area contributed by atoms with E-state index in [4.69, 9.17) is 5.11 Å². The Morgan fingerprint density at radius 2 is 2.08 bits per heavy atom. The molecule has 5 heteroatoms. The molecule has 0 heterocycles. The van der Waals surface area contributed by atoms with Crippen molar-refractivity contribution in [3.05, 3.63) is 35.1 Å². The highest BCUT2D eigenvalue weighted by Crippen LogP contribution is 2.31. The minimum atomic E-state index is -1.13. The van der Waals surface area contributed by atoms with Crippen molar-refractivity contribution in [2.24, 2.45) is 0 Å². The van der Waals surface area contributed by atoms with Crippen LogP contribution in [0.2, 0.25) is 0 Å². The Hall–Kier alpha value is -0.420. The van der Waals surface area contributed by atoms with E-state index >= 15 is 0 Å². The first-order valence-corrected chi connectivity index (χ1v) is 5.16. The number of benzene rings is 1. The van der Waals surface area contributed by atoms with Crippen molar-refractivity contribution < 1.29 is 14.3 Å². The summed E-state index contributed by atoms with van der Waals surface area (Å²) in [5, 5.41) is 8.55. The Morgan fingerprint density at radius 3 is 2.46 bits per heavy atom. The number of hydrogen-bond acceptors (Lipinski definition) is 1. The molecule has 1 aromatic carbocycles. The van der Waals surface area contributed by atoms with Gasteiger partial charge >= 0.3 is 5.97 Å². The van der Waals surface area contributed by atoms with Crippen LogP contribution in [0.1, 0.15) is 19.7 Å². The standard InChI is InChI=1S/C8H5Br2FO2/c9-7(10)5-2-1-4(8(12)13)3-6(5)11/h1-3,7H,(H,12,13). The minimum absolute atomic E-state index is 0.0538.